The first-order valence-corrected chi connectivity index (χ1v) is 22.9. The predicted octanol–water partition coefficient (Wildman–Crippen LogP) is 16.1. The van der Waals surface area contributed by atoms with Gasteiger partial charge in [-0.2, -0.15) is 0 Å². The molecule has 0 spiro atoms. The number of epoxide rings is 1. The Kier molecular flexibility index (Phi) is 40.4. The highest BCUT2D eigenvalue weighted by molar-refractivity contribution is 5.71. The van der Waals surface area contributed by atoms with Crippen molar-refractivity contribution < 1.29 is 19.0 Å². The maximum absolute atomic E-state index is 10.9. The van der Waals surface area contributed by atoms with Crippen molar-refractivity contribution in [1.29, 1.82) is 0 Å². The summed E-state index contributed by atoms with van der Waals surface area (Å²) in [5, 5.41) is 0. The van der Waals surface area contributed by atoms with Gasteiger partial charge in [-0.1, -0.05) is 176 Å². The molecule has 2 atom stereocenters. The van der Waals surface area contributed by atoms with Gasteiger partial charge in [0.25, 0.3) is 0 Å². The molecule has 54 heavy (non-hydrogen) atoms. The van der Waals surface area contributed by atoms with E-state index in [1.807, 2.05) is 13.8 Å². The van der Waals surface area contributed by atoms with E-state index in [-0.39, 0.29) is 17.5 Å². The van der Waals surface area contributed by atoms with Gasteiger partial charge < -0.3 is 14.2 Å². The number of rotatable bonds is 22. The van der Waals surface area contributed by atoms with Gasteiger partial charge in [0.1, 0.15) is 0 Å². The molecule has 1 aliphatic rings. The summed E-state index contributed by atoms with van der Waals surface area (Å²) in [4.78, 5) is 10.9. The second-order valence-corrected chi connectivity index (χ2v) is 20.4. The van der Waals surface area contributed by atoms with Crippen molar-refractivity contribution >= 4 is 5.97 Å². The largest absolute Gasteiger partial charge is 0.465 e. The molecule has 0 radical (unpaired) electrons. The number of hydrogen-bond donors (Lipinski definition) is 0. The van der Waals surface area contributed by atoms with Gasteiger partial charge in [-0.05, 0) is 106 Å². The minimum Gasteiger partial charge on any atom is -0.465 e. The third-order valence-electron chi connectivity index (χ3n) is 9.01. The van der Waals surface area contributed by atoms with Gasteiger partial charge in [0.15, 0.2) is 0 Å². The van der Waals surface area contributed by atoms with Crippen LogP contribution in [-0.4, -0.2) is 37.5 Å². The van der Waals surface area contributed by atoms with Crippen LogP contribution in [-0.2, 0) is 19.0 Å². The number of carbonyl (C=O) groups excluding carboxylic acids is 1. The smallest absolute Gasteiger partial charge is 0.308 e. The molecule has 4 heteroatoms. The monoisotopic (exact) mass is 769 g/mol. The predicted molar refractivity (Wildman–Crippen MR) is 243 cm³/mol. The molecule has 0 aromatic carbocycles. The molecule has 1 fully saturated rings. The average Bonchev–Trinajstić information content (AvgIpc) is 3.72. The lowest BCUT2D eigenvalue weighted by Crippen LogP contribution is -2.14. The fourth-order valence-corrected chi connectivity index (χ4v) is 5.35. The van der Waals surface area contributed by atoms with Crippen LogP contribution in [0.15, 0.2) is 11.6 Å². The van der Waals surface area contributed by atoms with Crippen LogP contribution < -0.4 is 0 Å². The van der Waals surface area contributed by atoms with E-state index in [4.69, 9.17) is 14.2 Å². The minimum absolute atomic E-state index is 0.00200. The summed E-state index contributed by atoms with van der Waals surface area (Å²) < 4.78 is 16.1. The summed E-state index contributed by atoms with van der Waals surface area (Å²) in [6.07, 6.45) is 15.8. The van der Waals surface area contributed by atoms with Crippen LogP contribution in [0.5, 0.6) is 0 Å². The van der Waals surface area contributed by atoms with E-state index in [0.717, 1.165) is 49.2 Å². The summed E-state index contributed by atoms with van der Waals surface area (Å²) in [5.41, 5.74) is 1.77. The van der Waals surface area contributed by atoms with E-state index < -0.39 is 0 Å². The normalized spacial score (nSPS) is 16.8. The van der Waals surface area contributed by atoms with E-state index in [1.165, 1.54) is 57.8 Å². The van der Waals surface area contributed by atoms with E-state index in [9.17, 15) is 4.79 Å². The maximum Gasteiger partial charge on any atom is 0.308 e. The number of hydrogen-bond acceptors (Lipinski definition) is 4. The van der Waals surface area contributed by atoms with Crippen molar-refractivity contribution in [1.82, 2.24) is 0 Å². The summed E-state index contributed by atoms with van der Waals surface area (Å²) in [7, 11) is 0. The Bertz CT molecular complexity index is 794. The van der Waals surface area contributed by atoms with Gasteiger partial charge in [0.2, 0.25) is 0 Å². The van der Waals surface area contributed by atoms with Gasteiger partial charge in [-0.3, -0.25) is 4.79 Å². The third kappa shape index (κ3) is 49.1. The average molecular weight is 769 g/mol. The molecule has 0 amide bonds. The zero-order valence-corrected chi connectivity index (χ0v) is 41.3. The Morgan fingerprint density at radius 2 is 1.02 bits per heavy atom. The Labute approximate surface area is 342 Å². The zero-order chi connectivity index (χ0) is 43.0. The highest BCUT2D eigenvalue weighted by atomic mass is 16.6. The highest BCUT2D eigenvalue weighted by Gasteiger charge is 2.52. The van der Waals surface area contributed by atoms with Crippen LogP contribution in [0.4, 0.5) is 0 Å². The zero-order valence-electron chi connectivity index (χ0n) is 41.3. The quantitative estimate of drug-likeness (QED) is 0.0476. The van der Waals surface area contributed by atoms with Crippen molar-refractivity contribution in [2.24, 2.45) is 59.2 Å². The highest BCUT2D eigenvalue weighted by Crippen LogP contribution is 2.44. The van der Waals surface area contributed by atoms with Gasteiger partial charge in [0, 0.05) is 13.2 Å². The van der Waals surface area contributed by atoms with E-state index in [0.29, 0.717) is 36.4 Å². The number of allylic oxidation sites excluding steroid dienone is 2. The Hall–Kier alpha value is -0.870. The molecule has 4 nitrogen and oxygen atoms in total. The fourth-order valence-electron chi connectivity index (χ4n) is 5.35. The lowest BCUT2D eigenvalue weighted by Gasteiger charge is -2.09. The van der Waals surface area contributed by atoms with Crippen LogP contribution in [0, 0.1) is 59.2 Å². The molecule has 0 aromatic rings. The second-order valence-electron chi connectivity index (χ2n) is 20.4. The van der Waals surface area contributed by atoms with Crippen molar-refractivity contribution in [2.45, 2.75) is 228 Å². The maximum atomic E-state index is 10.9. The van der Waals surface area contributed by atoms with Crippen LogP contribution >= 0.6 is 0 Å². The van der Waals surface area contributed by atoms with Crippen molar-refractivity contribution in [3.05, 3.63) is 11.6 Å². The van der Waals surface area contributed by atoms with Gasteiger partial charge in [-0.15, -0.1) is 0 Å². The number of ether oxygens (including phenoxy) is 3. The first kappa shape index (κ1) is 59.8. The van der Waals surface area contributed by atoms with Crippen LogP contribution in [0.1, 0.15) is 217 Å². The summed E-state index contributed by atoms with van der Waals surface area (Å²) in [6.45, 7) is 50.9. The molecule has 0 aliphatic carbocycles. The van der Waals surface area contributed by atoms with Crippen LogP contribution in [0.2, 0.25) is 0 Å². The standard InChI is InChI=1S/C11H22O.C11H22.C10H22.C9H18O2.C9H20O/c1-8(2)6-7-11(5)10(12-11)9(3)4;1-9(2)6-7-11(5)8-10(3)4;1-9(2)7-5-6-8-10(3)4;1-7(2)5-6-11-9(10)8(3)4;1-8(2)5-6-10-7-9(3)4/h8-10H,6-7H2,1-5H3;8-10H,6-7H2,1-5H3;9-10H,5-8H2,1-4H3;7-8H,5-6H2,1-4H3;8-9H,5-7H2,1-4H3/b;11-8-;;;/t10?,11-;;;;/m1..../s1. The molecule has 0 saturated carbocycles. The number of carbonyl (C=O) groups is 1. The summed E-state index contributed by atoms with van der Waals surface area (Å²) in [5.74, 6) is 6.79. The molecule has 0 bridgehead atoms. The first-order valence-electron chi connectivity index (χ1n) is 22.9. The molecule has 1 rings (SSSR count). The Balaban J connectivity index is -0.000000290. The van der Waals surface area contributed by atoms with Crippen molar-refractivity contribution in [3.63, 3.8) is 0 Å². The molecular weight excluding hydrogens is 665 g/mol. The molecule has 1 heterocycles. The molecular formula is C50H104O4. The molecule has 0 N–H and O–H groups in total. The Morgan fingerprint density at radius 3 is 1.35 bits per heavy atom. The SMILES string of the molecule is C/C(=C/C(C)C)CCC(C)C.CC(C)CCCCC(C)C.CC(C)CCOC(=O)C(C)C.CC(C)CCOCC(C)C.CC(C)CC[C@@]1(C)OC1C(C)C. The lowest BCUT2D eigenvalue weighted by atomic mass is 9.92. The molecule has 1 aliphatic heterocycles. The van der Waals surface area contributed by atoms with Crippen molar-refractivity contribution in [3.8, 4) is 0 Å². The topological polar surface area (TPSA) is 48.1 Å². The van der Waals surface area contributed by atoms with Crippen LogP contribution in [0.3, 0.4) is 0 Å². The van der Waals surface area contributed by atoms with E-state index in [1.54, 1.807) is 5.57 Å². The molecule has 328 valence electrons. The second kappa shape index (κ2) is 36.5. The summed E-state index contributed by atoms with van der Waals surface area (Å²) in [6, 6.07) is 0. The molecule has 1 saturated heterocycles. The molecule has 1 unspecified atom stereocenters. The fraction of sp³-hybridized carbons (Fsp3) is 0.940. The van der Waals surface area contributed by atoms with Gasteiger partial charge >= 0.3 is 5.97 Å². The molecule has 0 aromatic heterocycles. The van der Waals surface area contributed by atoms with Gasteiger partial charge in [-0.25, -0.2) is 0 Å². The number of unbranched alkanes of at least 4 members (excludes halogenated alkanes) is 1. The van der Waals surface area contributed by atoms with Crippen LogP contribution in [0.25, 0.3) is 0 Å². The van der Waals surface area contributed by atoms with E-state index in [2.05, 4.69) is 145 Å². The van der Waals surface area contributed by atoms with E-state index >= 15 is 0 Å². The Morgan fingerprint density at radius 1 is 0.593 bits per heavy atom. The minimum atomic E-state index is -0.0920. The van der Waals surface area contributed by atoms with Crippen molar-refractivity contribution in [2.75, 3.05) is 19.8 Å². The first-order chi connectivity index (χ1) is 24.8. The van der Waals surface area contributed by atoms with Gasteiger partial charge in [0.05, 0.1) is 24.2 Å². The summed E-state index contributed by atoms with van der Waals surface area (Å²) >= 11 is 0. The number of esters is 1. The lowest BCUT2D eigenvalue weighted by molar-refractivity contribution is -0.147. The third-order valence-corrected chi connectivity index (χ3v) is 9.01.